The van der Waals surface area contributed by atoms with Crippen LogP contribution in [0.15, 0.2) is 72.0 Å². The van der Waals surface area contributed by atoms with Crippen LogP contribution in [0.4, 0.5) is 0 Å². The van der Waals surface area contributed by atoms with Crippen LogP contribution >= 0.6 is 23.4 Å². The van der Waals surface area contributed by atoms with Gasteiger partial charge in [-0.15, -0.1) is 0 Å². The number of aromatic nitrogens is 2. The van der Waals surface area contributed by atoms with Crippen LogP contribution < -0.4 is 0 Å². The lowest BCUT2D eigenvalue weighted by Gasteiger charge is -2.28. The minimum atomic E-state index is -0.00552. The van der Waals surface area contributed by atoms with E-state index >= 15 is 0 Å². The third-order valence-electron chi connectivity index (χ3n) is 5.05. The number of benzene rings is 1. The average molecular weight is 395 g/mol. The fourth-order valence-corrected chi connectivity index (χ4v) is 5.21. The third-order valence-corrected chi connectivity index (χ3v) is 6.39. The van der Waals surface area contributed by atoms with Crippen molar-refractivity contribution in [2.24, 2.45) is 4.99 Å². The highest BCUT2D eigenvalue weighted by molar-refractivity contribution is 8.14. The van der Waals surface area contributed by atoms with E-state index < -0.39 is 0 Å². The molecule has 0 amide bonds. The van der Waals surface area contributed by atoms with Gasteiger partial charge in [0.25, 0.3) is 0 Å². The van der Waals surface area contributed by atoms with E-state index in [-0.39, 0.29) is 12.1 Å². The molecule has 0 unspecified atom stereocenters. The Bertz CT molecular complexity index is 1000. The molecule has 0 spiro atoms. The predicted molar refractivity (Wildman–Crippen MR) is 112 cm³/mol. The van der Waals surface area contributed by atoms with Crippen molar-refractivity contribution >= 4 is 28.5 Å². The van der Waals surface area contributed by atoms with Crippen LogP contribution in [-0.2, 0) is 0 Å². The number of rotatable bonds is 3. The maximum atomic E-state index is 6.25. The Balaban J connectivity index is 1.62. The molecule has 0 bridgehead atoms. The molecule has 136 valence electrons. The van der Waals surface area contributed by atoms with Gasteiger partial charge in [0.2, 0.25) is 0 Å². The van der Waals surface area contributed by atoms with Gasteiger partial charge in [-0.05, 0) is 42.5 Å². The molecule has 0 radical (unpaired) electrons. The molecule has 3 atom stereocenters. The SMILES string of the molecule is C[C@@H]1CN2C(=N[C@H](c3ccccn3)[C@@H]2c2cccn2-c2cccc(Cl)c2)S1. The summed E-state index contributed by atoms with van der Waals surface area (Å²) in [7, 11) is 0. The molecule has 4 nitrogen and oxygen atoms in total. The van der Waals surface area contributed by atoms with E-state index in [9.17, 15) is 0 Å². The van der Waals surface area contributed by atoms with Crippen molar-refractivity contribution in [3.05, 3.63) is 83.4 Å². The average Bonchev–Trinajstić information content (AvgIpc) is 3.36. The number of nitrogens with zero attached hydrogens (tertiary/aromatic N) is 4. The molecule has 4 heterocycles. The molecule has 27 heavy (non-hydrogen) atoms. The molecular formula is C21H19ClN4S. The maximum Gasteiger partial charge on any atom is 0.160 e. The highest BCUT2D eigenvalue weighted by atomic mass is 35.5. The van der Waals surface area contributed by atoms with Crippen LogP contribution in [0.5, 0.6) is 0 Å². The Morgan fingerprint density at radius 1 is 1.11 bits per heavy atom. The number of hydrogen-bond donors (Lipinski definition) is 0. The van der Waals surface area contributed by atoms with E-state index in [4.69, 9.17) is 16.6 Å². The van der Waals surface area contributed by atoms with Gasteiger partial charge < -0.3 is 9.47 Å². The number of thioether (sulfide) groups is 1. The monoisotopic (exact) mass is 394 g/mol. The van der Waals surface area contributed by atoms with Gasteiger partial charge in [-0.1, -0.05) is 42.4 Å². The Hall–Kier alpha value is -2.24. The van der Waals surface area contributed by atoms with Crippen molar-refractivity contribution in [3.63, 3.8) is 0 Å². The summed E-state index contributed by atoms with van der Waals surface area (Å²) in [5.74, 6) is 0. The summed E-state index contributed by atoms with van der Waals surface area (Å²) in [6.07, 6.45) is 3.95. The Kier molecular flexibility index (Phi) is 4.21. The summed E-state index contributed by atoms with van der Waals surface area (Å²) in [5, 5.41) is 2.41. The van der Waals surface area contributed by atoms with E-state index in [0.717, 1.165) is 28.1 Å². The van der Waals surface area contributed by atoms with Crippen LogP contribution in [-0.4, -0.2) is 31.4 Å². The van der Waals surface area contributed by atoms with Crippen molar-refractivity contribution < 1.29 is 0 Å². The summed E-state index contributed by atoms with van der Waals surface area (Å²) in [4.78, 5) is 12.1. The molecule has 0 saturated carbocycles. The van der Waals surface area contributed by atoms with Gasteiger partial charge in [-0.3, -0.25) is 9.98 Å². The Morgan fingerprint density at radius 2 is 2.04 bits per heavy atom. The van der Waals surface area contributed by atoms with Gasteiger partial charge in [-0.2, -0.15) is 0 Å². The zero-order chi connectivity index (χ0) is 18.4. The van der Waals surface area contributed by atoms with Crippen molar-refractivity contribution in [1.29, 1.82) is 0 Å². The smallest absolute Gasteiger partial charge is 0.160 e. The molecule has 0 N–H and O–H groups in total. The van der Waals surface area contributed by atoms with Gasteiger partial charge in [0.05, 0.1) is 11.7 Å². The molecule has 3 aromatic rings. The van der Waals surface area contributed by atoms with Crippen LogP contribution in [0.3, 0.4) is 0 Å². The van der Waals surface area contributed by atoms with Crippen molar-refractivity contribution in [2.45, 2.75) is 24.3 Å². The van der Waals surface area contributed by atoms with Gasteiger partial charge >= 0.3 is 0 Å². The topological polar surface area (TPSA) is 33.4 Å². The van der Waals surface area contributed by atoms with Crippen molar-refractivity contribution in [1.82, 2.24) is 14.5 Å². The fourth-order valence-electron chi connectivity index (χ4n) is 3.93. The number of hydrogen-bond acceptors (Lipinski definition) is 4. The molecule has 2 aliphatic heterocycles. The lowest BCUT2D eigenvalue weighted by atomic mass is 10.0. The van der Waals surface area contributed by atoms with E-state index in [1.807, 2.05) is 48.3 Å². The second kappa shape index (κ2) is 6.73. The lowest BCUT2D eigenvalue weighted by Crippen LogP contribution is -2.30. The predicted octanol–water partition coefficient (Wildman–Crippen LogP) is 5.12. The van der Waals surface area contributed by atoms with Crippen molar-refractivity contribution in [2.75, 3.05) is 6.54 Å². The van der Waals surface area contributed by atoms with Crippen LogP contribution in [0.25, 0.3) is 5.69 Å². The minimum absolute atomic E-state index is 0.00552. The van der Waals surface area contributed by atoms with Gasteiger partial charge in [0.15, 0.2) is 5.17 Å². The molecule has 1 fully saturated rings. The number of pyridine rings is 1. The second-order valence-corrected chi connectivity index (χ2v) is 8.76. The first-order chi connectivity index (χ1) is 13.2. The minimum Gasteiger partial charge on any atom is -0.339 e. The quantitative estimate of drug-likeness (QED) is 0.618. The zero-order valence-electron chi connectivity index (χ0n) is 14.9. The van der Waals surface area contributed by atoms with E-state index in [1.54, 1.807) is 0 Å². The Labute approximate surface area is 167 Å². The van der Waals surface area contributed by atoms with Crippen LogP contribution in [0, 0.1) is 0 Å². The molecule has 5 rings (SSSR count). The van der Waals surface area contributed by atoms with Gasteiger partial charge in [0.1, 0.15) is 6.04 Å². The molecule has 1 saturated heterocycles. The lowest BCUT2D eigenvalue weighted by molar-refractivity contribution is 0.312. The van der Waals surface area contributed by atoms with Crippen LogP contribution in [0.2, 0.25) is 5.02 Å². The van der Waals surface area contributed by atoms with Crippen molar-refractivity contribution in [3.8, 4) is 5.69 Å². The molecule has 6 heteroatoms. The second-order valence-electron chi connectivity index (χ2n) is 6.92. The highest BCUT2D eigenvalue weighted by Gasteiger charge is 2.44. The van der Waals surface area contributed by atoms with E-state index in [2.05, 4.69) is 51.8 Å². The number of fused-ring (bicyclic) bond motifs is 1. The highest BCUT2D eigenvalue weighted by Crippen LogP contribution is 2.47. The first kappa shape index (κ1) is 16.9. The molecule has 1 aromatic carbocycles. The largest absolute Gasteiger partial charge is 0.339 e. The Morgan fingerprint density at radius 3 is 2.85 bits per heavy atom. The number of amidine groups is 1. The summed E-state index contributed by atoms with van der Waals surface area (Å²) in [6, 6.07) is 18.4. The molecule has 0 aliphatic carbocycles. The summed E-state index contributed by atoms with van der Waals surface area (Å²) >= 11 is 8.10. The molecule has 2 aliphatic rings. The maximum absolute atomic E-state index is 6.25. The molecular weight excluding hydrogens is 376 g/mol. The number of halogens is 1. The first-order valence-corrected chi connectivity index (χ1v) is 10.3. The first-order valence-electron chi connectivity index (χ1n) is 9.06. The normalized spacial score (nSPS) is 24.1. The van der Waals surface area contributed by atoms with E-state index in [0.29, 0.717) is 5.25 Å². The van der Waals surface area contributed by atoms with E-state index in [1.165, 1.54) is 5.69 Å². The third kappa shape index (κ3) is 2.95. The number of aliphatic imine (C=N–C) groups is 1. The standard InChI is InChI=1S/C21H19ClN4S/c1-14-13-26-20(19(24-21(26)27-14)17-8-2-3-10-23-17)18-9-5-11-25(18)16-7-4-6-15(22)12-16/h2-12,14,19-20H,13H2,1H3/t14-,19-,20+/m1/s1. The molecule has 2 aromatic heterocycles. The van der Waals surface area contributed by atoms with Gasteiger partial charge in [-0.25, -0.2) is 0 Å². The summed E-state index contributed by atoms with van der Waals surface area (Å²) in [6.45, 7) is 3.26. The zero-order valence-corrected chi connectivity index (χ0v) is 16.4. The fraction of sp³-hybridized carbons (Fsp3) is 0.238. The van der Waals surface area contributed by atoms with Crippen LogP contribution in [0.1, 0.15) is 30.4 Å². The summed E-state index contributed by atoms with van der Waals surface area (Å²) in [5.41, 5.74) is 3.29. The van der Waals surface area contributed by atoms with Gasteiger partial charge in [0, 0.05) is 40.6 Å². The summed E-state index contributed by atoms with van der Waals surface area (Å²) < 4.78 is 2.22.